The predicted octanol–water partition coefficient (Wildman–Crippen LogP) is 4.06. The van der Waals surface area contributed by atoms with Crippen molar-refractivity contribution < 1.29 is 13.2 Å². The Morgan fingerprint density at radius 2 is 2.00 bits per heavy atom. The van der Waals surface area contributed by atoms with Gasteiger partial charge in [0.15, 0.2) is 11.6 Å². The van der Waals surface area contributed by atoms with Crippen molar-refractivity contribution in [2.24, 2.45) is 5.92 Å². The van der Waals surface area contributed by atoms with Crippen LogP contribution in [0.15, 0.2) is 30.6 Å². The topological polar surface area (TPSA) is 67.1 Å². The van der Waals surface area contributed by atoms with Gasteiger partial charge in [0.05, 0.1) is 11.3 Å². The Balaban J connectivity index is 1.91. The molecule has 0 saturated carbocycles. The molecule has 1 fully saturated rings. The molecule has 0 bridgehead atoms. The van der Waals surface area contributed by atoms with Crippen molar-refractivity contribution in [1.29, 1.82) is 0 Å². The number of halogens is 3. The number of aromatic nitrogens is 2. The molecule has 0 radical (unpaired) electrons. The molecular weight excluding hydrogens is 331 g/mol. The molecular formula is C17H20F3N5. The van der Waals surface area contributed by atoms with Gasteiger partial charge >= 0.3 is 6.18 Å². The van der Waals surface area contributed by atoms with Crippen molar-refractivity contribution >= 4 is 23.0 Å². The lowest BCUT2D eigenvalue weighted by Crippen LogP contribution is -2.35. The molecule has 2 heterocycles. The zero-order valence-electron chi connectivity index (χ0n) is 13.8. The maximum Gasteiger partial charge on any atom is 0.418 e. The standard InChI is InChI=1S/C17H20F3N5/c1-11-5-4-8-25(9-11)16-14(21)15(22-10-23-16)24-13-7-3-2-6-12(13)17(18,19)20/h2-3,6-7,10-11H,4-5,8-9,21H2,1H3,(H,22,23,24). The first-order valence-electron chi connectivity index (χ1n) is 8.15. The lowest BCUT2D eigenvalue weighted by molar-refractivity contribution is -0.136. The highest BCUT2D eigenvalue weighted by atomic mass is 19.4. The number of nitrogens with zero attached hydrogens (tertiary/aromatic N) is 3. The minimum atomic E-state index is -4.46. The molecule has 134 valence electrons. The largest absolute Gasteiger partial charge is 0.418 e. The molecule has 2 aromatic rings. The normalized spacial score (nSPS) is 18.2. The minimum absolute atomic E-state index is 0.0848. The molecule has 5 nitrogen and oxygen atoms in total. The average molecular weight is 351 g/mol. The summed E-state index contributed by atoms with van der Waals surface area (Å²) in [4.78, 5) is 10.3. The second kappa shape index (κ2) is 6.78. The molecule has 1 atom stereocenters. The van der Waals surface area contributed by atoms with Crippen molar-refractivity contribution in [2.75, 3.05) is 29.0 Å². The van der Waals surface area contributed by atoms with Crippen molar-refractivity contribution in [2.45, 2.75) is 25.9 Å². The van der Waals surface area contributed by atoms with Gasteiger partial charge in [0.1, 0.15) is 12.0 Å². The minimum Gasteiger partial charge on any atom is -0.393 e. The summed E-state index contributed by atoms with van der Waals surface area (Å²) >= 11 is 0. The van der Waals surface area contributed by atoms with Gasteiger partial charge in [-0.05, 0) is 30.9 Å². The van der Waals surface area contributed by atoms with Crippen molar-refractivity contribution in [1.82, 2.24) is 9.97 Å². The molecule has 1 unspecified atom stereocenters. The van der Waals surface area contributed by atoms with Gasteiger partial charge in [-0.3, -0.25) is 0 Å². The van der Waals surface area contributed by atoms with Gasteiger partial charge in [-0.25, -0.2) is 9.97 Å². The highest BCUT2D eigenvalue weighted by Gasteiger charge is 2.33. The molecule has 1 aromatic heterocycles. The lowest BCUT2D eigenvalue weighted by atomic mass is 10.0. The van der Waals surface area contributed by atoms with E-state index in [-0.39, 0.29) is 17.2 Å². The van der Waals surface area contributed by atoms with E-state index in [0.717, 1.165) is 32.0 Å². The predicted molar refractivity (Wildman–Crippen MR) is 91.8 cm³/mol. The number of nitrogens with two attached hydrogens (primary N) is 1. The van der Waals surface area contributed by atoms with Gasteiger partial charge in [0.25, 0.3) is 0 Å². The number of nitrogens with one attached hydrogen (secondary N) is 1. The highest BCUT2D eigenvalue weighted by molar-refractivity contribution is 5.79. The smallest absolute Gasteiger partial charge is 0.393 e. The fourth-order valence-electron chi connectivity index (χ4n) is 3.09. The van der Waals surface area contributed by atoms with Gasteiger partial charge in [0, 0.05) is 13.1 Å². The number of hydrogen-bond acceptors (Lipinski definition) is 5. The quantitative estimate of drug-likeness (QED) is 0.873. The average Bonchev–Trinajstić information content (AvgIpc) is 2.56. The third-order valence-corrected chi connectivity index (χ3v) is 4.30. The van der Waals surface area contributed by atoms with Crippen LogP contribution in [0.3, 0.4) is 0 Å². The van der Waals surface area contributed by atoms with E-state index in [1.165, 1.54) is 24.5 Å². The summed E-state index contributed by atoms with van der Waals surface area (Å²) in [6.45, 7) is 3.80. The molecule has 0 aliphatic carbocycles. The maximum atomic E-state index is 13.2. The molecule has 1 aromatic carbocycles. The summed E-state index contributed by atoms with van der Waals surface area (Å²) in [7, 11) is 0. The van der Waals surface area contributed by atoms with Crippen LogP contribution < -0.4 is 16.0 Å². The number of hydrogen-bond donors (Lipinski definition) is 2. The van der Waals surface area contributed by atoms with E-state index < -0.39 is 11.7 Å². The first-order chi connectivity index (χ1) is 11.9. The first kappa shape index (κ1) is 17.3. The third kappa shape index (κ3) is 3.78. The number of nitrogen functional groups attached to an aromatic ring is 1. The fraction of sp³-hybridized carbons (Fsp3) is 0.412. The summed E-state index contributed by atoms with van der Waals surface area (Å²) < 4.78 is 39.5. The Kier molecular flexibility index (Phi) is 4.69. The van der Waals surface area contributed by atoms with Gasteiger partial charge in [-0.15, -0.1) is 0 Å². The molecule has 3 rings (SSSR count). The summed E-state index contributed by atoms with van der Waals surface area (Å²) in [5, 5.41) is 2.72. The Morgan fingerprint density at radius 3 is 2.72 bits per heavy atom. The van der Waals surface area contributed by atoms with Crippen molar-refractivity contribution in [3.63, 3.8) is 0 Å². The van der Waals surface area contributed by atoms with Crippen LogP contribution in [0, 0.1) is 5.92 Å². The van der Waals surface area contributed by atoms with E-state index >= 15 is 0 Å². The third-order valence-electron chi connectivity index (χ3n) is 4.30. The van der Waals surface area contributed by atoms with Crippen LogP contribution in [0.2, 0.25) is 0 Å². The van der Waals surface area contributed by atoms with Crippen molar-refractivity contribution in [3.8, 4) is 0 Å². The number of rotatable bonds is 3. The van der Waals surface area contributed by atoms with E-state index in [0.29, 0.717) is 11.7 Å². The van der Waals surface area contributed by atoms with Crippen molar-refractivity contribution in [3.05, 3.63) is 36.2 Å². The Labute approximate surface area is 144 Å². The van der Waals surface area contributed by atoms with Crippen LogP contribution in [0.5, 0.6) is 0 Å². The first-order valence-corrected chi connectivity index (χ1v) is 8.15. The van der Waals surface area contributed by atoms with Crippen LogP contribution in [0.4, 0.5) is 36.2 Å². The number of benzene rings is 1. The molecule has 25 heavy (non-hydrogen) atoms. The van der Waals surface area contributed by atoms with E-state index in [4.69, 9.17) is 5.73 Å². The molecule has 0 amide bonds. The van der Waals surface area contributed by atoms with Gasteiger partial charge in [0.2, 0.25) is 0 Å². The zero-order valence-corrected chi connectivity index (χ0v) is 13.8. The highest BCUT2D eigenvalue weighted by Crippen LogP contribution is 2.37. The van der Waals surface area contributed by atoms with Crippen LogP contribution in [-0.4, -0.2) is 23.1 Å². The van der Waals surface area contributed by atoms with E-state index in [9.17, 15) is 13.2 Å². The van der Waals surface area contributed by atoms with E-state index in [1.807, 2.05) is 0 Å². The zero-order chi connectivity index (χ0) is 18.0. The lowest BCUT2D eigenvalue weighted by Gasteiger charge is -2.32. The fourth-order valence-corrected chi connectivity index (χ4v) is 3.09. The molecule has 1 aliphatic heterocycles. The maximum absolute atomic E-state index is 13.2. The Morgan fingerprint density at radius 1 is 1.24 bits per heavy atom. The van der Waals surface area contributed by atoms with E-state index in [1.54, 1.807) is 0 Å². The number of para-hydroxylation sites is 1. The Hall–Kier alpha value is -2.51. The molecule has 1 saturated heterocycles. The molecule has 1 aliphatic rings. The second-order valence-corrected chi connectivity index (χ2v) is 6.32. The Bertz CT molecular complexity index is 747. The second-order valence-electron chi connectivity index (χ2n) is 6.32. The van der Waals surface area contributed by atoms with E-state index in [2.05, 4.69) is 27.1 Å². The number of alkyl halides is 3. The van der Waals surface area contributed by atoms with Crippen LogP contribution in [-0.2, 0) is 6.18 Å². The molecule has 3 N–H and O–H groups in total. The van der Waals surface area contributed by atoms with Gasteiger partial charge < -0.3 is 16.0 Å². The summed E-state index contributed by atoms with van der Waals surface area (Å²) in [6.07, 6.45) is -0.962. The monoisotopic (exact) mass is 351 g/mol. The summed E-state index contributed by atoms with van der Waals surface area (Å²) in [6, 6.07) is 5.25. The molecule has 8 heteroatoms. The van der Waals surface area contributed by atoms with Crippen LogP contribution >= 0.6 is 0 Å². The summed E-state index contributed by atoms with van der Waals surface area (Å²) in [5.74, 6) is 1.26. The SMILES string of the molecule is CC1CCCN(c2ncnc(Nc3ccccc3C(F)(F)F)c2N)C1. The van der Waals surface area contributed by atoms with Gasteiger partial charge in [-0.2, -0.15) is 13.2 Å². The molecule has 0 spiro atoms. The van der Waals surface area contributed by atoms with Crippen LogP contribution in [0.1, 0.15) is 25.3 Å². The number of piperidine rings is 1. The summed E-state index contributed by atoms with van der Waals surface area (Å²) in [5.41, 5.74) is 5.57. The van der Waals surface area contributed by atoms with Crippen LogP contribution in [0.25, 0.3) is 0 Å². The number of anilines is 4. The van der Waals surface area contributed by atoms with Gasteiger partial charge in [-0.1, -0.05) is 19.1 Å².